The maximum Gasteiger partial charge on any atom is -0.0250 e. The van der Waals surface area contributed by atoms with Crippen molar-refractivity contribution in [3.8, 4) is 0 Å². The van der Waals surface area contributed by atoms with Gasteiger partial charge in [-0.15, -0.1) is 0 Å². The normalized spacial score (nSPS) is 14.5. The van der Waals surface area contributed by atoms with Crippen molar-refractivity contribution in [3.63, 3.8) is 0 Å². The van der Waals surface area contributed by atoms with Gasteiger partial charge in [-0.1, -0.05) is 83.7 Å². The Kier molecular flexibility index (Phi) is 10.2. The first-order valence-electron chi connectivity index (χ1n) is 6.99. The van der Waals surface area contributed by atoms with Crippen LogP contribution in [0.5, 0.6) is 0 Å². The third kappa shape index (κ3) is 5.95. The lowest BCUT2D eigenvalue weighted by Gasteiger charge is -2.07. The summed E-state index contributed by atoms with van der Waals surface area (Å²) in [4.78, 5) is 0. The predicted octanol–water partition coefficient (Wildman–Crippen LogP) is 5.47. The highest BCUT2D eigenvalue weighted by atomic mass is 14.2. The van der Waals surface area contributed by atoms with E-state index < -0.39 is 0 Å². The molecule has 1 aromatic rings. The minimum atomic E-state index is 0.979. The Labute approximate surface area is 102 Å². The molecule has 0 heteroatoms. The summed E-state index contributed by atoms with van der Waals surface area (Å²) in [6.45, 7) is 8.00. The molecule has 0 saturated heterocycles. The van der Waals surface area contributed by atoms with E-state index in [0.29, 0.717) is 0 Å². The summed E-state index contributed by atoms with van der Waals surface area (Å²) in [5.41, 5.74) is 1.52. The van der Waals surface area contributed by atoms with Crippen molar-refractivity contribution in [2.75, 3.05) is 0 Å². The van der Waals surface area contributed by atoms with Crippen molar-refractivity contribution >= 4 is 0 Å². The largest absolute Gasteiger partial charge is 0.0683 e. The third-order valence-electron chi connectivity index (χ3n) is 2.84. The van der Waals surface area contributed by atoms with Crippen molar-refractivity contribution in [2.45, 2.75) is 59.8 Å². The number of rotatable bonds is 2. The van der Waals surface area contributed by atoms with Gasteiger partial charge in [0, 0.05) is 0 Å². The molecule has 0 nitrogen and oxygen atoms in total. The molecule has 2 rings (SSSR count). The van der Waals surface area contributed by atoms with Gasteiger partial charge in [-0.25, -0.2) is 0 Å². The van der Waals surface area contributed by atoms with Gasteiger partial charge in [0.15, 0.2) is 0 Å². The van der Waals surface area contributed by atoms with E-state index in [1.807, 2.05) is 27.7 Å². The van der Waals surface area contributed by atoms with E-state index in [1.54, 1.807) is 0 Å². The van der Waals surface area contributed by atoms with Gasteiger partial charge >= 0.3 is 0 Å². The molecule has 92 valence electrons. The quantitative estimate of drug-likeness (QED) is 0.620. The van der Waals surface area contributed by atoms with E-state index in [4.69, 9.17) is 0 Å². The summed E-state index contributed by atoms with van der Waals surface area (Å²) >= 11 is 0. The zero-order chi connectivity index (χ0) is 12.2. The van der Waals surface area contributed by atoms with Gasteiger partial charge in [0.25, 0.3) is 0 Å². The van der Waals surface area contributed by atoms with Gasteiger partial charge in [-0.05, 0) is 17.9 Å². The lowest BCUT2D eigenvalue weighted by atomic mass is 9.98. The van der Waals surface area contributed by atoms with Crippen LogP contribution in [0.4, 0.5) is 0 Å². The van der Waals surface area contributed by atoms with Gasteiger partial charge in [0.2, 0.25) is 0 Å². The molecule has 0 atom stereocenters. The molecule has 0 N–H and O–H groups in total. The third-order valence-corrected chi connectivity index (χ3v) is 2.84. The predicted molar refractivity (Wildman–Crippen MR) is 74.8 cm³/mol. The molecule has 0 radical (unpaired) electrons. The summed E-state index contributed by atoms with van der Waals surface area (Å²) < 4.78 is 0. The lowest BCUT2D eigenvalue weighted by Crippen LogP contribution is -1.97. The van der Waals surface area contributed by atoms with Crippen molar-refractivity contribution in [2.24, 2.45) is 5.92 Å². The molecule has 1 aromatic carbocycles. The van der Waals surface area contributed by atoms with Crippen LogP contribution in [0.15, 0.2) is 30.3 Å². The molecule has 0 heterocycles. The molecule has 0 bridgehead atoms. The standard InChI is InChI=1S/C12H16.2C2H6/c1-2-6-11(7-3-1)10-12-8-4-5-9-12;2*1-2/h1-3,6-7,12H,4-5,8-10H2;2*1-2H3. The van der Waals surface area contributed by atoms with Crippen LogP contribution >= 0.6 is 0 Å². The molecule has 1 saturated carbocycles. The highest BCUT2D eigenvalue weighted by molar-refractivity contribution is 5.15. The molecule has 1 fully saturated rings. The Balaban J connectivity index is 0.000000509. The monoisotopic (exact) mass is 220 g/mol. The van der Waals surface area contributed by atoms with E-state index in [0.717, 1.165) is 5.92 Å². The van der Waals surface area contributed by atoms with Gasteiger partial charge < -0.3 is 0 Å². The summed E-state index contributed by atoms with van der Waals surface area (Å²) in [6.07, 6.45) is 7.12. The van der Waals surface area contributed by atoms with Crippen LogP contribution in [0.2, 0.25) is 0 Å². The van der Waals surface area contributed by atoms with Gasteiger partial charge in [-0.3, -0.25) is 0 Å². The van der Waals surface area contributed by atoms with Gasteiger partial charge in [-0.2, -0.15) is 0 Å². The van der Waals surface area contributed by atoms with Crippen LogP contribution in [0.3, 0.4) is 0 Å². The van der Waals surface area contributed by atoms with Crippen LogP contribution in [-0.2, 0) is 6.42 Å². The fourth-order valence-corrected chi connectivity index (χ4v) is 2.16. The fraction of sp³-hybridized carbons (Fsp3) is 0.625. The molecule has 0 amide bonds. The van der Waals surface area contributed by atoms with Gasteiger partial charge in [0.1, 0.15) is 0 Å². The highest BCUT2D eigenvalue weighted by Gasteiger charge is 2.14. The Hall–Kier alpha value is -0.780. The Morgan fingerprint density at radius 3 is 1.88 bits per heavy atom. The average molecular weight is 220 g/mol. The average Bonchev–Trinajstić information content (AvgIpc) is 2.88. The van der Waals surface area contributed by atoms with Gasteiger partial charge in [0.05, 0.1) is 0 Å². The summed E-state index contributed by atoms with van der Waals surface area (Å²) in [5, 5.41) is 0. The second kappa shape index (κ2) is 10.7. The highest BCUT2D eigenvalue weighted by Crippen LogP contribution is 2.27. The Morgan fingerprint density at radius 2 is 1.38 bits per heavy atom. The first kappa shape index (κ1) is 15.2. The Morgan fingerprint density at radius 1 is 0.875 bits per heavy atom. The van der Waals surface area contributed by atoms with Crippen LogP contribution in [0.1, 0.15) is 58.9 Å². The second-order valence-electron chi connectivity index (χ2n) is 3.84. The zero-order valence-corrected chi connectivity index (χ0v) is 11.5. The molecule has 0 aromatic heterocycles. The smallest absolute Gasteiger partial charge is 0.0250 e. The second-order valence-corrected chi connectivity index (χ2v) is 3.84. The van der Waals surface area contributed by atoms with E-state index in [-0.39, 0.29) is 0 Å². The van der Waals surface area contributed by atoms with Crippen molar-refractivity contribution < 1.29 is 0 Å². The van der Waals surface area contributed by atoms with Crippen molar-refractivity contribution in [1.82, 2.24) is 0 Å². The van der Waals surface area contributed by atoms with Crippen LogP contribution in [0, 0.1) is 5.92 Å². The van der Waals surface area contributed by atoms with E-state index in [2.05, 4.69) is 30.3 Å². The Bertz CT molecular complexity index is 219. The minimum Gasteiger partial charge on any atom is -0.0683 e. The van der Waals surface area contributed by atoms with Crippen LogP contribution in [0.25, 0.3) is 0 Å². The molecule has 16 heavy (non-hydrogen) atoms. The minimum absolute atomic E-state index is 0.979. The summed E-state index contributed by atoms with van der Waals surface area (Å²) in [6, 6.07) is 10.9. The molecule has 0 aliphatic heterocycles. The first-order chi connectivity index (χ1) is 7.95. The summed E-state index contributed by atoms with van der Waals surface area (Å²) in [5.74, 6) is 0.979. The zero-order valence-electron chi connectivity index (χ0n) is 11.5. The van der Waals surface area contributed by atoms with E-state index >= 15 is 0 Å². The molecular formula is C16H28. The van der Waals surface area contributed by atoms with Crippen molar-refractivity contribution in [1.29, 1.82) is 0 Å². The summed E-state index contributed by atoms with van der Waals surface area (Å²) in [7, 11) is 0. The molecule has 1 aliphatic carbocycles. The van der Waals surface area contributed by atoms with E-state index in [9.17, 15) is 0 Å². The first-order valence-corrected chi connectivity index (χ1v) is 6.99. The molecule has 0 unspecified atom stereocenters. The molecule has 0 spiro atoms. The van der Waals surface area contributed by atoms with Crippen LogP contribution in [-0.4, -0.2) is 0 Å². The fourth-order valence-electron chi connectivity index (χ4n) is 2.16. The van der Waals surface area contributed by atoms with Crippen LogP contribution < -0.4 is 0 Å². The number of hydrogen-bond acceptors (Lipinski definition) is 0. The topological polar surface area (TPSA) is 0 Å². The number of hydrogen-bond donors (Lipinski definition) is 0. The molecule has 1 aliphatic rings. The SMILES string of the molecule is CC.CC.c1ccc(CC2CCCC2)cc1. The maximum atomic E-state index is 2.25. The maximum absolute atomic E-state index is 2.25. The lowest BCUT2D eigenvalue weighted by molar-refractivity contribution is 0.546. The number of benzene rings is 1. The van der Waals surface area contributed by atoms with Crippen molar-refractivity contribution in [3.05, 3.63) is 35.9 Å². The molecular weight excluding hydrogens is 192 g/mol. The van der Waals surface area contributed by atoms with E-state index in [1.165, 1.54) is 37.7 Å².